The van der Waals surface area contributed by atoms with Gasteiger partial charge in [-0.3, -0.25) is 0 Å². The van der Waals surface area contributed by atoms with Crippen LogP contribution in [0.1, 0.15) is 29.8 Å². The molecule has 0 saturated carbocycles. The van der Waals surface area contributed by atoms with E-state index in [4.69, 9.17) is 0 Å². The van der Waals surface area contributed by atoms with Crippen LogP contribution in [0, 0.1) is 6.92 Å². The standard InChI is InChI=1S/C14H14BrF2N3/c1-8-6-13-18-11(9-2-4-10(15)5-3-9)7-12(14(16)17)20(13)19-8/h2-6,11-12,14,18H,7H2,1H3/t11-,12-/m1/s1. The first-order chi connectivity index (χ1) is 9.54. The molecule has 1 N–H and O–H groups in total. The molecule has 3 rings (SSSR count). The SMILES string of the molecule is Cc1cc2n(n1)[C@@H](C(F)F)C[C@H](c1ccc(Br)cc1)N2. The molecule has 0 aliphatic carbocycles. The van der Waals surface area contributed by atoms with Gasteiger partial charge in [0, 0.05) is 10.5 Å². The number of rotatable bonds is 2. The van der Waals surface area contributed by atoms with Gasteiger partial charge in [-0.25, -0.2) is 13.5 Å². The first-order valence-electron chi connectivity index (χ1n) is 6.41. The Balaban J connectivity index is 1.95. The van der Waals surface area contributed by atoms with Gasteiger partial charge >= 0.3 is 0 Å². The highest BCUT2D eigenvalue weighted by atomic mass is 79.9. The number of hydrogen-bond acceptors (Lipinski definition) is 2. The van der Waals surface area contributed by atoms with E-state index in [0.29, 0.717) is 12.2 Å². The lowest BCUT2D eigenvalue weighted by atomic mass is 9.97. The number of nitrogens with zero attached hydrogens (tertiary/aromatic N) is 2. The number of halogens is 3. The smallest absolute Gasteiger partial charge is 0.260 e. The van der Waals surface area contributed by atoms with E-state index < -0.39 is 12.5 Å². The lowest BCUT2D eigenvalue weighted by Gasteiger charge is -2.32. The Morgan fingerprint density at radius 3 is 2.70 bits per heavy atom. The summed E-state index contributed by atoms with van der Waals surface area (Å²) in [5, 5.41) is 7.45. The van der Waals surface area contributed by atoms with Gasteiger partial charge in [-0.1, -0.05) is 28.1 Å². The average Bonchev–Trinajstić information content (AvgIpc) is 2.78. The first-order valence-corrected chi connectivity index (χ1v) is 7.20. The van der Waals surface area contributed by atoms with Gasteiger partial charge in [-0.15, -0.1) is 0 Å². The number of alkyl halides is 2. The van der Waals surface area contributed by atoms with Crippen LogP contribution in [0.2, 0.25) is 0 Å². The second kappa shape index (κ2) is 5.16. The highest BCUT2D eigenvalue weighted by molar-refractivity contribution is 9.10. The number of fused-ring (bicyclic) bond motifs is 1. The predicted molar refractivity (Wildman–Crippen MR) is 77.1 cm³/mol. The molecular weight excluding hydrogens is 328 g/mol. The molecule has 1 aromatic carbocycles. The van der Waals surface area contributed by atoms with Crippen molar-refractivity contribution < 1.29 is 8.78 Å². The molecule has 6 heteroatoms. The molecule has 106 valence electrons. The Kier molecular flexibility index (Phi) is 3.50. The van der Waals surface area contributed by atoms with Gasteiger partial charge < -0.3 is 5.32 Å². The second-order valence-corrected chi connectivity index (χ2v) is 5.92. The van der Waals surface area contributed by atoms with E-state index in [0.717, 1.165) is 15.7 Å². The largest absolute Gasteiger partial charge is 0.363 e. The lowest BCUT2D eigenvalue weighted by molar-refractivity contribution is 0.0657. The Morgan fingerprint density at radius 1 is 1.35 bits per heavy atom. The highest BCUT2D eigenvalue weighted by Crippen LogP contribution is 2.38. The normalized spacial score (nSPS) is 21.6. The van der Waals surface area contributed by atoms with Crippen LogP contribution in [0.4, 0.5) is 14.6 Å². The number of nitrogens with one attached hydrogen (secondary N) is 1. The van der Waals surface area contributed by atoms with Crippen molar-refractivity contribution in [3.05, 3.63) is 46.1 Å². The summed E-state index contributed by atoms with van der Waals surface area (Å²) in [6.07, 6.45) is -2.10. The van der Waals surface area contributed by atoms with Crippen LogP contribution in [0.3, 0.4) is 0 Å². The van der Waals surface area contributed by atoms with Crippen molar-refractivity contribution in [2.45, 2.75) is 31.9 Å². The van der Waals surface area contributed by atoms with Crippen molar-refractivity contribution in [3.63, 3.8) is 0 Å². The van der Waals surface area contributed by atoms with Crippen molar-refractivity contribution in [1.29, 1.82) is 0 Å². The number of aromatic nitrogens is 2. The minimum absolute atomic E-state index is 0.120. The summed E-state index contributed by atoms with van der Waals surface area (Å²) in [6, 6.07) is 8.54. The Hall–Kier alpha value is -1.43. The van der Waals surface area contributed by atoms with Gasteiger partial charge in [0.2, 0.25) is 0 Å². The maximum Gasteiger partial charge on any atom is 0.260 e. The lowest BCUT2D eigenvalue weighted by Crippen LogP contribution is -2.30. The molecule has 2 atom stereocenters. The minimum Gasteiger partial charge on any atom is -0.363 e. The highest BCUT2D eigenvalue weighted by Gasteiger charge is 2.34. The Bertz CT molecular complexity index is 609. The zero-order chi connectivity index (χ0) is 14.3. The zero-order valence-electron chi connectivity index (χ0n) is 10.9. The second-order valence-electron chi connectivity index (χ2n) is 5.00. The van der Waals surface area contributed by atoms with Crippen LogP contribution in [0.5, 0.6) is 0 Å². The van der Waals surface area contributed by atoms with Crippen LogP contribution < -0.4 is 5.32 Å². The van der Waals surface area contributed by atoms with E-state index in [1.54, 1.807) is 6.07 Å². The molecule has 20 heavy (non-hydrogen) atoms. The van der Waals surface area contributed by atoms with Crippen molar-refractivity contribution in [3.8, 4) is 0 Å². The van der Waals surface area contributed by atoms with Gasteiger partial charge in [0.05, 0.1) is 11.7 Å². The molecule has 0 fully saturated rings. The fourth-order valence-corrected chi connectivity index (χ4v) is 2.84. The molecule has 1 aliphatic heterocycles. The third kappa shape index (κ3) is 2.44. The topological polar surface area (TPSA) is 29.9 Å². The zero-order valence-corrected chi connectivity index (χ0v) is 12.4. The summed E-state index contributed by atoms with van der Waals surface area (Å²) < 4.78 is 28.9. The van der Waals surface area contributed by atoms with Crippen LogP contribution >= 0.6 is 15.9 Å². The maximum absolute atomic E-state index is 13.3. The summed E-state index contributed by atoms with van der Waals surface area (Å²) in [5.41, 5.74) is 1.75. The number of hydrogen-bond donors (Lipinski definition) is 1. The van der Waals surface area contributed by atoms with E-state index >= 15 is 0 Å². The van der Waals surface area contributed by atoms with Gasteiger partial charge in [0.1, 0.15) is 11.9 Å². The molecule has 1 aliphatic rings. The fraction of sp³-hybridized carbons (Fsp3) is 0.357. The van der Waals surface area contributed by atoms with Crippen molar-refractivity contribution in [2.24, 2.45) is 0 Å². The van der Waals surface area contributed by atoms with Gasteiger partial charge in [0.15, 0.2) is 0 Å². The molecule has 0 unspecified atom stereocenters. The van der Waals surface area contributed by atoms with E-state index in [1.165, 1.54) is 4.68 Å². The molecule has 0 amide bonds. The van der Waals surface area contributed by atoms with Crippen molar-refractivity contribution in [2.75, 3.05) is 5.32 Å². The van der Waals surface area contributed by atoms with Crippen LogP contribution in [0.25, 0.3) is 0 Å². The van der Waals surface area contributed by atoms with Crippen molar-refractivity contribution in [1.82, 2.24) is 9.78 Å². The van der Waals surface area contributed by atoms with Gasteiger partial charge in [0.25, 0.3) is 6.43 Å². The van der Waals surface area contributed by atoms with Gasteiger partial charge in [-0.05, 0) is 31.0 Å². The molecule has 1 aromatic heterocycles. The quantitative estimate of drug-likeness (QED) is 0.881. The van der Waals surface area contributed by atoms with E-state index in [9.17, 15) is 8.78 Å². The third-order valence-corrected chi connectivity index (χ3v) is 4.06. The molecule has 3 nitrogen and oxygen atoms in total. The first kappa shape index (κ1) is 13.5. The molecule has 0 saturated heterocycles. The summed E-state index contributed by atoms with van der Waals surface area (Å²) in [4.78, 5) is 0. The van der Waals surface area contributed by atoms with E-state index in [-0.39, 0.29) is 6.04 Å². The van der Waals surface area contributed by atoms with Crippen LogP contribution in [-0.4, -0.2) is 16.2 Å². The molecule has 0 radical (unpaired) electrons. The van der Waals surface area contributed by atoms with Crippen LogP contribution in [0.15, 0.2) is 34.8 Å². The number of aryl methyl sites for hydroxylation is 1. The molecule has 0 bridgehead atoms. The maximum atomic E-state index is 13.3. The average molecular weight is 342 g/mol. The molecule has 0 spiro atoms. The Labute approximate surface area is 124 Å². The summed E-state index contributed by atoms with van der Waals surface area (Å²) >= 11 is 3.38. The summed E-state index contributed by atoms with van der Waals surface area (Å²) in [6.45, 7) is 1.81. The van der Waals surface area contributed by atoms with E-state index in [1.807, 2.05) is 31.2 Å². The van der Waals surface area contributed by atoms with Gasteiger partial charge in [-0.2, -0.15) is 5.10 Å². The third-order valence-electron chi connectivity index (χ3n) is 3.53. The fourth-order valence-electron chi connectivity index (χ4n) is 2.58. The van der Waals surface area contributed by atoms with Crippen molar-refractivity contribution >= 4 is 21.7 Å². The molecular formula is C14H14BrF2N3. The van der Waals surface area contributed by atoms with Crippen LogP contribution in [-0.2, 0) is 0 Å². The number of anilines is 1. The summed E-state index contributed by atoms with van der Waals surface area (Å²) in [5.74, 6) is 0.659. The summed E-state index contributed by atoms with van der Waals surface area (Å²) in [7, 11) is 0. The number of benzene rings is 1. The van der Waals surface area contributed by atoms with E-state index in [2.05, 4.69) is 26.3 Å². The predicted octanol–water partition coefficient (Wildman–Crippen LogP) is 4.32. The molecule has 2 aromatic rings. The minimum atomic E-state index is -2.42. The Morgan fingerprint density at radius 2 is 2.05 bits per heavy atom. The molecule has 2 heterocycles. The monoisotopic (exact) mass is 341 g/mol.